The monoisotopic (exact) mass is 479 g/mol. The van der Waals surface area contributed by atoms with Crippen molar-refractivity contribution in [2.45, 2.75) is 65.1 Å². The molecule has 2 aromatic rings. The van der Waals surface area contributed by atoms with Crippen molar-refractivity contribution < 1.29 is 9.59 Å². The van der Waals surface area contributed by atoms with E-state index in [2.05, 4.69) is 29.0 Å². The summed E-state index contributed by atoms with van der Waals surface area (Å²) in [6.07, 6.45) is 11.8. The van der Waals surface area contributed by atoms with Crippen molar-refractivity contribution >= 4 is 11.8 Å². The molecular weight excluding hydrogens is 442 g/mol. The Balaban J connectivity index is 1.49. The van der Waals surface area contributed by atoms with Crippen LogP contribution in [-0.2, 0) is 13.1 Å². The maximum Gasteiger partial charge on any atom is 0.259 e. The van der Waals surface area contributed by atoms with Gasteiger partial charge in [0.05, 0.1) is 0 Å². The normalized spacial score (nSPS) is 17.2. The second kappa shape index (κ2) is 11.6. The first kappa shape index (κ1) is 25.1. The molecule has 8 heteroatoms. The number of hydrogen-bond acceptors (Lipinski definition) is 5. The molecular formula is C27H37N5O3. The zero-order valence-corrected chi connectivity index (χ0v) is 20.9. The van der Waals surface area contributed by atoms with Crippen LogP contribution < -0.4 is 10.7 Å². The smallest absolute Gasteiger partial charge is 0.259 e. The lowest BCUT2D eigenvalue weighted by Gasteiger charge is -2.34. The van der Waals surface area contributed by atoms with Crippen molar-refractivity contribution in [2.75, 3.05) is 26.2 Å². The van der Waals surface area contributed by atoms with Crippen molar-refractivity contribution in [3.05, 3.63) is 63.8 Å². The highest BCUT2D eigenvalue weighted by Crippen LogP contribution is 2.18. The third-order valence-corrected chi connectivity index (χ3v) is 7.02. The van der Waals surface area contributed by atoms with Gasteiger partial charge in [0.1, 0.15) is 11.1 Å². The molecule has 0 atom stereocenters. The number of rotatable bonds is 8. The quantitative estimate of drug-likeness (QED) is 0.629. The number of carbonyl (C=O) groups excluding carboxylic acids is 2. The van der Waals surface area contributed by atoms with Gasteiger partial charge in [-0.25, -0.2) is 0 Å². The minimum atomic E-state index is -0.467. The average Bonchev–Trinajstić information content (AvgIpc) is 3.37. The number of nitrogens with one attached hydrogen (secondary N) is 1. The van der Waals surface area contributed by atoms with Crippen LogP contribution in [0.15, 0.2) is 41.7 Å². The topological polar surface area (TPSA) is 87.5 Å². The van der Waals surface area contributed by atoms with Crippen LogP contribution in [-0.4, -0.2) is 63.4 Å². The van der Waals surface area contributed by atoms with E-state index < -0.39 is 5.43 Å². The van der Waals surface area contributed by atoms with Crippen LogP contribution >= 0.6 is 0 Å². The van der Waals surface area contributed by atoms with E-state index >= 15 is 0 Å². The molecule has 0 aromatic carbocycles. The molecule has 0 unspecified atom stereocenters. The first-order valence-corrected chi connectivity index (χ1v) is 12.9. The van der Waals surface area contributed by atoms with E-state index in [1.807, 2.05) is 16.7 Å². The summed E-state index contributed by atoms with van der Waals surface area (Å²) >= 11 is 0. The lowest BCUT2D eigenvalue weighted by atomic mass is 10.1. The highest BCUT2D eigenvalue weighted by Gasteiger charge is 2.27. The van der Waals surface area contributed by atoms with Gasteiger partial charge in [0.15, 0.2) is 0 Å². The summed E-state index contributed by atoms with van der Waals surface area (Å²) in [6, 6.07) is 4.11. The zero-order valence-electron chi connectivity index (χ0n) is 20.9. The molecule has 1 N–H and O–H groups in total. The Morgan fingerprint density at radius 3 is 2.34 bits per heavy atom. The molecule has 2 amide bonds. The zero-order chi connectivity index (χ0) is 24.8. The summed E-state index contributed by atoms with van der Waals surface area (Å²) in [5.41, 5.74) is 0.887. The number of aromatic nitrogens is 2. The first-order valence-electron chi connectivity index (χ1n) is 12.9. The van der Waals surface area contributed by atoms with Gasteiger partial charge in [-0.05, 0) is 42.9 Å². The van der Waals surface area contributed by atoms with Crippen molar-refractivity contribution in [3.63, 3.8) is 0 Å². The van der Waals surface area contributed by atoms with E-state index in [0.717, 1.165) is 51.7 Å². The third kappa shape index (κ3) is 6.57. The molecule has 8 nitrogen and oxygen atoms in total. The van der Waals surface area contributed by atoms with Crippen molar-refractivity contribution in [1.82, 2.24) is 24.7 Å². The van der Waals surface area contributed by atoms with Gasteiger partial charge in [-0.1, -0.05) is 26.7 Å². The maximum atomic E-state index is 13.4. The van der Waals surface area contributed by atoms with E-state index in [9.17, 15) is 14.4 Å². The molecule has 3 heterocycles. The van der Waals surface area contributed by atoms with Gasteiger partial charge in [-0.3, -0.25) is 24.3 Å². The lowest BCUT2D eigenvalue weighted by Crippen LogP contribution is -2.49. The molecule has 2 fully saturated rings. The van der Waals surface area contributed by atoms with Crippen molar-refractivity contribution in [1.29, 1.82) is 0 Å². The molecule has 35 heavy (non-hydrogen) atoms. The van der Waals surface area contributed by atoms with Crippen LogP contribution in [0.5, 0.6) is 0 Å². The van der Waals surface area contributed by atoms with Gasteiger partial charge in [0, 0.05) is 70.1 Å². The fourth-order valence-corrected chi connectivity index (χ4v) is 4.84. The van der Waals surface area contributed by atoms with Crippen molar-refractivity contribution in [2.24, 2.45) is 5.92 Å². The van der Waals surface area contributed by atoms with Gasteiger partial charge in [-0.2, -0.15) is 0 Å². The summed E-state index contributed by atoms with van der Waals surface area (Å²) in [4.78, 5) is 47.9. The summed E-state index contributed by atoms with van der Waals surface area (Å²) in [7, 11) is 0. The summed E-state index contributed by atoms with van der Waals surface area (Å²) in [5.74, 6) is -0.179. The number of piperazine rings is 1. The van der Waals surface area contributed by atoms with E-state index in [4.69, 9.17) is 0 Å². The van der Waals surface area contributed by atoms with E-state index in [-0.39, 0.29) is 29.0 Å². The van der Waals surface area contributed by atoms with E-state index in [0.29, 0.717) is 25.6 Å². The molecule has 4 rings (SSSR count). The molecule has 0 bridgehead atoms. The molecule has 1 aliphatic carbocycles. The number of amides is 2. The Morgan fingerprint density at radius 2 is 1.69 bits per heavy atom. The predicted molar refractivity (Wildman–Crippen MR) is 135 cm³/mol. The van der Waals surface area contributed by atoms with Crippen LogP contribution in [0, 0.1) is 5.92 Å². The highest BCUT2D eigenvalue weighted by molar-refractivity contribution is 5.99. The lowest BCUT2D eigenvalue weighted by molar-refractivity contribution is 0.0626. The molecule has 2 aromatic heterocycles. The predicted octanol–water partition coefficient (Wildman–Crippen LogP) is 2.92. The molecule has 1 saturated carbocycles. The minimum absolute atomic E-state index is 0.0721. The van der Waals surface area contributed by atoms with Crippen LogP contribution in [0.3, 0.4) is 0 Å². The Labute approximate surface area is 207 Å². The van der Waals surface area contributed by atoms with E-state index in [1.165, 1.54) is 5.56 Å². The summed E-state index contributed by atoms with van der Waals surface area (Å²) < 4.78 is 1.85. The van der Waals surface area contributed by atoms with Gasteiger partial charge < -0.3 is 14.8 Å². The van der Waals surface area contributed by atoms with Crippen molar-refractivity contribution in [3.8, 4) is 0 Å². The van der Waals surface area contributed by atoms with Gasteiger partial charge >= 0.3 is 0 Å². The Morgan fingerprint density at radius 1 is 1.03 bits per heavy atom. The van der Waals surface area contributed by atoms with E-state index in [1.54, 1.807) is 29.7 Å². The molecule has 0 radical (unpaired) electrons. The average molecular weight is 480 g/mol. The van der Waals surface area contributed by atoms with Crippen LogP contribution in [0.1, 0.15) is 72.2 Å². The fraction of sp³-hybridized carbons (Fsp3) is 0.556. The number of pyridine rings is 2. The maximum absolute atomic E-state index is 13.4. The SMILES string of the molecule is CC(C)CCn1cc(C(=O)NC2CCCC2)c(=O)c(C(=O)N2CCN(Cc3ccncc3)CC2)c1. The second-order valence-electron chi connectivity index (χ2n) is 10.2. The Hall–Kier alpha value is -3.00. The molecule has 2 aliphatic rings. The van der Waals surface area contributed by atoms with Crippen LogP contribution in [0.4, 0.5) is 0 Å². The number of nitrogens with zero attached hydrogens (tertiary/aromatic N) is 4. The third-order valence-electron chi connectivity index (χ3n) is 7.02. The van der Waals surface area contributed by atoms with Crippen LogP contribution in [0.25, 0.3) is 0 Å². The Kier molecular flexibility index (Phi) is 8.33. The van der Waals surface area contributed by atoms with Gasteiger partial charge in [0.25, 0.3) is 11.8 Å². The number of carbonyl (C=O) groups is 2. The van der Waals surface area contributed by atoms with Gasteiger partial charge in [0.2, 0.25) is 5.43 Å². The van der Waals surface area contributed by atoms with Crippen LogP contribution in [0.2, 0.25) is 0 Å². The first-order chi connectivity index (χ1) is 16.9. The summed E-state index contributed by atoms with van der Waals surface area (Å²) in [6.45, 7) is 8.29. The fourth-order valence-electron chi connectivity index (χ4n) is 4.84. The molecule has 0 spiro atoms. The Bertz CT molecular complexity index is 1070. The number of aryl methyl sites for hydroxylation is 1. The summed E-state index contributed by atoms with van der Waals surface area (Å²) in [5, 5.41) is 3.01. The second-order valence-corrected chi connectivity index (χ2v) is 10.2. The highest BCUT2D eigenvalue weighted by atomic mass is 16.2. The minimum Gasteiger partial charge on any atom is -0.352 e. The number of hydrogen-bond donors (Lipinski definition) is 1. The molecule has 1 aliphatic heterocycles. The largest absolute Gasteiger partial charge is 0.352 e. The van der Waals surface area contributed by atoms with Gasteiger partial charge in [-0.15, -0.1) is 0 Å². The standard InChI is InChI=1S/C27H37N5O3/c1-20(2)9-12-31-18-23(26(34)29-22-5-3-4-6-22)25(33)24(19-31)27(35)32-15-13-30(14-16-32)17-21-7-10-28-11-8-21/h7-8,10-11,18-20,22H,3-6,9,12-17H2,1-2H3,(H,29,34). The molecule has 188 valence electrons. The molecule has 1 saturated heterocycles.